The maximum Gasteiger partial charge on any atom is 0.338 e. The Bertz CT molecular complexity index is 713. The van der Waals surface area contributed by atoms with E-state index in [1.54, 1.807) is 44.2 Å². The predicted octanol–water partition coefficient (Wildman–Crippen LogP) is 3.58. The molecular weight excluding hydrogens is 306 g/mol. The molecule has 0 unspecified atom stereocenters. The van der Waals surface area contributed by atoms with E-state index in [4.69, 9.17) is 9.47 Å². The van der Waals surface area contributed by atoms with E-state index < -0.39 is 6.10 Å². The zero-order valence-electron chi connectivity index (χ0n) is 14.0. The molecule has 2 rings (SSSR count). The maximum absolute atomic E-state index is 12.3. The number of anilines is 1. The molecule has 24 heavy (non-hydrogen) atoms. The summed E-state index contributed by atoms with van der Waals surface area (Å²) in [7, 11) is 0. The number of hydrogen-bond acceptors (Lipinski definition) is 4. The average Bonchev–Trinajstić information content (AvgIpc) is 2.57. The Morgan fingerprint density at radius 3 is 2.46 bits per heavy atom. The minimum absolute atomic E-state index is 0.258. The minimum atomic E-state index is -0.642. The van der Waals surface area contributed by atoms with Gasteiger partial charge in [-0.25, -0.2) is 4.79 Å². The number of para-hydroxylation sites is 1. The van der Waals surface area contributed by atoms with Gasteiger partial charge in [-0.1, -0.05) is 18.2 Å². The highest BCUT2D eigenvalue weighted by Crippen LogP contribution is 2.18. The second-order valence-corrected chi connectivity index (χ2v) is 5.31. The van der Waals surface area contributed by atoms with Gasteiger partial charge in [0.25, 0.3) is 5.91 Å². The van der Waals surface area contributed by atoms with Gasteiger partial charge >= 0.3 is 5.97 Å². The Balaban J connectivity index is 2.02. The molecule has 2 aromatic carbocycles. The predicted molar refractivity (Wildman–Crippen MR) is 92.3 cm³/mol. The zero-order chi connectivity index (χ0) is 17.5. The molecule has 0 saturated carbocycles. The standard InChI is InChI=1S/C19H21NO4/c1-4-23-19(22)15-10-11-17(13(2)12-15)20-18(21)14(3)24-16-8-6-5-7-9-16/h5-12,14H,4H2,1-3H3,(H,20,21)/t14-/m1/s1. The molecule has 1 amide bonds. The second-order valence-electron chi connectivity index (χ2n) is 5.31. The van der Waals surface area contributed by atoms with E-state index in [1.807, 2.05) is 25.1 Å². The molecule has 5 heteroatoms. The highest BCUT2D eigenvalue weighted by atomic mass is 16.5. The number of esters is 1. The summed E-state index contributed by atoms with van der Waals surface area (Å²) in [6.07, 6.45) is -0.642. The number of rotatable bonds is 6. The minimum Gasteiger partial charge on any atom is -0.481 e. The van der Waals surface area contributed by atoms with Gasteiger partial charge in [-0.2, -0.15) is 0 Å². The van der Waals surface area contributed by atoms with Gasteiger partial charge in [-0.15, -0.1) is 0 Å². The number of carbonyl (C=O) groups excluding carboxylic acids is 2. The number of nitrogens with one attached hydrogen (secondary N) is 1. The molecule has 5 nitrogen and oxygen atoms in total. The van der Waals surface area contributed by atoms with Gasteiger partial charge in [-0.3, -0.25) is 4.79 Å². The van der Waals surface area contributed by atoms with Crippen molar-refractivity contribution in [3.05, 3.63) is 59.7 Å². The van der Waals surface area contributed by atoms with Crippen LogP contribution < -0.4 is 10.1 Å². The van der Waals surface area contributed by atoms with Crippen molar-refractivity contribution in [2.75, 3.05) is 11.9 Å². The molecule has 0 heterocycles. The molecule has 0 aliphatic carbocycles. The van der Waals surface area contributed by atoms with E-state index in [9.17, 15) is 9.59 Å². The first kappa shape index (κ1) is 17.5. The van der Waals surface area contributed by atoms with Gasteiger partial charge < -0.3 is 14.8 Å². The van der Waals surface area contributed by atoms with Crippen LogP contribution in [0.2, 0.25) is 0 Å². The van der Waals surface area contributed by atoms with Gasteiger partial charge in [0.15, 0.2) is 6.10 Å². The Kier molecular flexibility index (Phi) is 5.95. The topological polar surface area (TPSA) is 64.6 Å². The van der Waals surface area contributed by atoms with Crippen molar-refractivity contribution >= 4 is 17.6 Å². The Hall–Kier alpha value is -2.82. The monoisotopic (exact) mass is 327 g/mol. The van der Waals surface area contributed by atoms with Crippen LogP contribution in [0.1, 0.15) is 29.8 Å². The summed E-state index contributed by atoms with van der Waals surface area (Å²) in [5, 5.41) is 2.81. The lowest BCUT2D eigenvalue weighted by Gasteiger charge is -2.16. The summed E-state index contributed by atoms with van der Waals surface area (Å²) in [6.45, 7) is 5.59. The van der Waals surface area contributed by atoms with E-state index in [1.165, 1.54) is 0 Å². The first-order valence-electron chi connectivity index (χ1n) is 7.81. The van der Waals surface area contributed by atoms with Crippen molar-refractivity contribution in [3.63, 3.8) is 0 Å². The average molecular weight is 327 g/mol. The van der Waals surface area contributed by atoms with E-state index in [0.717, 1.165) is 5.56 Å². The quantitative estimate of drug-likeness (QED) is 0.824. The summed E-state index contributed by atoms with van der Waals surface area (Å²) in [5.74, 6) is -0.000348. The third kappa shape index (κ3) is 4.59. The lowest BCUT2D eigenvalue weighted by molar-refractivity contribution is -0.122. The molecule has 0 saturated heterocycles. The summed E-state index contributed by atoms with van der Waals surface area (Å²) < 4.78 is 10.6. The highest BCUT2D eigenvalue weighted by Gasteiger charge is 2.16. The largest absolute Gasteiger partial charge is 0.481 e. The third-order valence-electron chi connectivity index (χ3n) is 3.42. The van der Waals surface area contributed by atoms with E-state index in [0.29, 0.717) is 23.6 Å². The zero-order valence-corrected chi connectivity index (χ0v) is 14.0. The first-order chi connectivity index (χ1) is 11.5. The van der Waals surface area contributed by atoms with Crippen LogP contribution in [0.4, 0.5) is 5.69 Å². The molecule has 0 bridgehead atoms. The lowest BCUT2D eigenvalue weighted by atomic mass is 10.1. The van der Waals surface area contributed by atoms with Gasteiger partial charge in [-0.05, 0) is 56.7 Å². The number of carbonyl (C=O) groups is 2. The van der Waals surface area contributed by atoms with Crippen molar-refractivity contribution in [3.8, 4) is 5.75 Å². The lowest BCUT2D eigenvalue weighted by Crippen LogP contribution is -2.30. The molecule has 0 radical (unpaired) electrons. The fraction of sp³-hybridized carbons (Fsp3) is 0.263. The molecule has 0 fully saturated rings. The highest BCUT2D eigenvalue weighted by molar-refractivity contribution is 5.96. The van der Waals surface area contributed by atoms with Crippen LogP contribution in [-0.4, -0.2) is 24.6 Å². The number of benzene rings is 2. The fourth-order valence-corrected chi connectivity index (χ4v) is 2.14. The molecule has 0 aliphatic rings. The molecule has 0 spiro atoms. The summed E-state index contributed by atoms with van der Waals surface area (Å²) in [6, 6.07) is 14.2. The number of ether oxygens (including phenoxy) is 2. The van der Waals surface area contributed by atoms with Crippen LogP contribution in [0.25, 0.3) is 0 Å². The SMILES string of the molecule is CCOC(=O)c1ccc(NC(=O)[C@@H](C)Oc2ccccc2)c(C)c1. The summed E-state index contributed by atoms with van der Waals surface area (Å²) in [4.78, 5) is 24.0. The Labute approximate surface area is 141 Å². The van der Waals surface area contributed by atoms with Crippen LogP contribution in [0, 0.1) is 6.92 Å². The van der Waals surface area contributed by atoms with Crippen LogP contribution >= 0.6 is 0 Å². The van der Waals surface area contributed by atoms with Gasteiger partial charge in [0, 0.05) is 5.69 Å². The van der Waals surface area contributed by atoms with Crippen LogP contribution in [-0.2, 0) is 9.53 Å². The van der Waals surface area contributed by atoms with E-state index in [2.05, 4.69) is 5.32 Å². The normalized spacial score (nSPS) is 11.5. The molecule has 2 aromatic rings. The van der Waals surface area contributed by atoms with Gasteiger partial charge in [0.05, 0.1) is 12.2 Å². The second kappa shape index (κ2) is 8.15. The Morgan fingerprint density at radius 2 is 1.83 bits per heavy atom. The van der Waals surface area contributed by atoms with Gasteiger partial charge in [0.1, 0.15) is 5.75 Å². The molecule has 126 valence electrons. The van der Waals surface area contributed by atoms with Crippen molar-refractivity contribution in [2.45, 2.75) is 26.9 Å². The number of aryl methyl sites for hydroxylation is 1. The number of amides is 1. The molecule has 0 aliphatic heterocycles. The van der Waals surface area contributed by atoms with Crippen molar-refractivity contribution in [1.82, 2.24) is 0 Å². The van der Waals surface area contributed by atoms with Crippen molar-refractivity contribution < 1.29 is 19.1 Å². The van der Waals surface area contributed by atoms with E-state index >= 15 is 0 Å². The van der Waals surface area contributed by atoms with Crippen molar-refractivity contribution in [1.29, 1.82) is 0 Å². The van der Waals surface area contributed by atoms with Crippen molar-refractivity contribution in [2.24, 2.45) is 0 Å². The summed E-state index contributed by atoms with van der Waals surface area (Å²) in [5.41, 5.74) is 1.87. The molecule has 0 aromatic heterocycles. The van der Waals surface area contributed by atoms with E-state index in [-0.39, 0.29) is 11.9 Å². The fourth-order valence-electron chi connectivity index (χ4n) is 2.14. The Morgan fingerprint density at radius 1 is 1.12 bits per heavy atom. The van der Waals surface area contributed by atoms with Gasteiger partial charge in [0.2, 0.25) is 0 Å². The summed E-state index contributed by atoms with van der Waals surface area (Å²) >= 11 is 0. The molecule has 1 atom stereocenters. The maximum atomic E-state index is 12.3. The molecular formula is C19H21NO4. The first-order valence-corrected chi connectivity index (χ1v) is 7.81. The van der Waals surface area contributed by atoms with Crippen LogP contribution in [0.15, 0.2) is 48.5 Å². The third-order valence-corrected chi connectivity index (χ3v) is 3.42. The van der Waals surface area contributed by atoms with Crippen LogP contribution in [0.3, 0.4) is 0 Å². The number of hydrogen-bond donors (Lipinski definition) is 1. The molecule has 1 N–H and O–H groups in total. The smallest absolute Gasteiger partial charge is 0.338 e. The van der Waals surface area contributed by atoms with Crippen LogP contribution in [0.5, 0.6) is 5.75 Å².